The molecule has 9 heteroatoms. The van der Waals surface area contributed by atoms with Gasteiger partial charge in [-0.1, -0.05) is 23.2 Å². The lowest BCUT2D eigenvalue weighted by Crippen LogP contribution is -2.45. The molecular formula is C12H16Cl2N2O4S. The molecule has 0 spiro atoms. The van der Waals surface area contributed by atoms with Gasteiger partial charge in [0.1, 0.15) is 10.5 Å². The predicted octanol–water partition coefficient (Wildman–Crippen LogP) is 1.66. The van der Waals surface area contributed by atoms with Crippen molar-refractivity contribution in [2.45, 2.75) is 16.9 Å². The smallest absolute Gasteiger partial charge is 0.244 e. The predicted molar refractivity (Wildman–Crippen MR) is 81.2 cm³/mol. The normalized spacial score (nSPS) is 22.6. The molecule has 0 bridgehead atoms. The summed E-state index contributed by atoms with van der Waals surface area (Å²) < 4.78 is 37.9. The molecule has 0 radical (unpaired) electrons. The molecular weight excluding hydrogens is 339 g/mol. The number of halogens is 2. The van der Waals surface area contributed by atoms with Gasteiger partial charge in [-0.3, -0.25) is 0 Å². The van der Waals surface area contributed by atoms with Crippen molar-refractivity contribution in [1.29, 1.82) is 0 Å². The van der Waals surface area contributed by atoms with Crippen molar-refractivity contribution in [3.05, 3.63) is 22.2 Å². The summed E-state index contributed by atoms with van der Waals surface area (Å²) in [7, 11) is -2.35. The van der Waals surface area contributed by atoms with Gasteiger partial charge in [-0.05, 0) is 12.1 Å². The van der Waals surface area contributed by atoms with E-state index >= 15 is 0 Å². The van der Waals surface area contributed by atoms with Gasteiger partial charge < -0.3 is 15.2 Å². The molecule has 1 heterocycles. The number of nitrogens with two attached hydrogens (primary N) is 1. The molecule has 21 heavy (non-hydrogen) atoms. The lowest BCUT2D eigenvalue weighted by Gasteiger charge is -2.26. The summed E-state index contributed by atoms with van der Waals surface area (Å²) in [5.74, 6) is 0. The third-order valence-corrected chi connectivity index (χ3v) is 5.54. The molecule has 118 valence electrons. The topological polar surface area (TPSA) is 90.7 Å². The van der Waals surface area contributed by atoms with Crippen LogP contribution >= 0.6 is 23.2 Å². The van der Waals surface area contributed by atoms with Crippen LogP contribution in [0.3, 0.4) is 0 Å². The Hall–Kier alpha value is -0.570. The molecule has 1 aliphatic rings. The first-order chi connectivity index (χ1) is 9.80. The van der Waals surface area contributed by atoms with Gasteiger partial charge in [-0.2, -0.15) is 0 Å². The largest absolute Gasteiger partial charge is 0.398 e. The summed E-state index contributed by atoms with van der Waals surface area (Å²) in [5, 5.41) is 0.246. The molecule has 1 aliphatic heterocycles. The fourth-order valence-electron chi connectivity index (χ4n) is 2.12. The summed E-state index contributed by atoms with van der Waals surface area (Å²) in [5.41, 5.74) is 5.04. The van der Waals surface area contributed by atoms with Crippen LogP contribution in [0.5, 0.6) is 0 Å². The van der Waals surface area contributed by atoms with Crippen molar-refractivity contribution >= 4 is 38.9 Å². The molecule has 3 N–H and O–H groups in total. The highest BCUT2D eigenvalue weighted by atomic mass is 35.5. The summed E-state index contributed by atoms with van der Waals surface area (Å²) in [6, 6.07) is 2.67. The highest BCUT2D eigenvalue weighted by Crippen LogP contribution is 2.31. The number of hydrogen-bond donors (Lipinski definition) is 2. The SMILES string of the molecule is COC1(CNS(=O)(=O)c2c(N)cc(Cl)cc2Cl)CCOC1. The Kier molecular flexibility index (Phi) is 5.02. The van der Waals surface area contributed by atoms with E-state index in [0.29, 0.717) is 19.6 Å². The van der Waals surface area contributed by atoms with Gasteiger partial charge in [0.2, 0.25) is 10.0 Å². The van der Waals surface area contributed by atoms with Crippen LogP contribution < -0.4 is 10.5 Å². The number of benzene rings is 1. The number of rotatable bonds is 5. The average molecular weight is 355 g/mol. The Morgan fingerprint density at radius 2 is 2.19 bits per heavy atom. The molecule has 0 saturated carbocycles. The van der Waals surface area contributed by atoms with E-state index in [1.807, 2.05) is 0 Å². The van der Waals surface area contributed by atoms with Gasteiger partial charge in [0.05, 0.1) is 17.3 Å². The molecule has 0 amide bonds. The zero-order chi connectivity index (χ0) is 15.7. The maximum Gasteiger partial charge on any atom is 0.244 e. The van der Waals surface area contributed by atoms with Gasteiger partial charge in [-0.15, -0.1) is 0 Å². The summed E-state index contributed by atoms with van der Waals surface area (Å²) in [6.07, 6.45) is 0.607. The lowest BCUT2D eigenvalue weighted by molar-refractivity contribution is -0.0120. The highest BCUT2D eigenvalue weighted by molar-refractivity contribution is 7.89. The number of sulfonamides is 1. The number of nitrogen functional groups attached to an aromatic ring is 1. The van der Waals surface area contributed by atoms with Crippen LogP contribution in [-0.4, -0.2) is 40.9 Å². The van der Waals surface area contributed by atoms with Crippen molar-refractivity contribution < 1.29 is 17.9 Å². The second-order valence-electron chi connectivity index (χ2n) is 4.82. The molecule has 0 aliphatic carbocycles. The van der Waals surface area contributed by atoms with Crippen molar-refractivity contribution in [3.8, 4) is 0 Å². The second-order valence-corrected chi connectivity index (χ2v) is 7.37. The van der Waals surface area contributed by atoms with Crippen molar-refractivity contribution in [2.75, 3.05) is 32.6 Å². The van der Waals surface area contributed by atoms with Gasteiger partial charge in [0.15, 0.2) is 0 Å². The number of anilines is 1. The molecule has 1 unspecified atom stereocenters. The van der Waals surface area contributed by atoms with Crippen molar-refractivity contribution in [2.24, 2.45) is 0 Å². The van der Waals surface area contributed by atoms with E-state index in [9.17, 15) is 8.42 Å². The third kappa shape index (κ3) is 3.61. The zero-order valence-electron chi connectivity index (χ0n) is 11.4. The summed E-state index contributed by atoms with van der Waals surface area (Å²) >= 11 is 11.7. The summed E-state index contributed by atoms with van der Waals surface area (Å²) in [6.45, 7) is 0.930. The monoisotopic (exact) mass is 354 g/mol. The van der Waals surface area contributed by atoms with Crippen LogP contribution in [0.1, 0.15) is 6.42 Å². The van der Waals surface area contributed by atoms with Crippen LogP contribution in [0.4, 0.5) is 5.69 Å². The zero-order valence-corrected chi connectivity index (χ0v) is 13.7. The molecule has 2 rings (SSSR count). The minimum atomic E-state index is -3.88. The van der Waals surface area contributed by atoms with Gasteiger partial charge >= 0.3 is 0 Å². The van der Waals surface area contributed by atoms with E-state index in [4.69, 9.17) is 38.4 Å². The van der Waals surface area contributed by atoms with Crippen LogP contribution in [0.15, 0.2) is 17.0 Å². The van der Waals surface area contributed by atoms with E-state index in [1.165, 1.54) is 19.2 Å². The Bertz CT molecular complexity index is 607. The average Bonchev–Trinajstić information content (AvgIpc) is 2.84. The first-order valence-electron chi connectivity index (χ1n) is 6.17. The Morgan fingerprint density at radius 1 is 1.48 bits per heavy atom. The van der Waals surface area contributed by atoms with Crippen molar-refractivity contribution in [1.82, 2.24) is 4.72 Å². The first kappa shape index (κ1) is 16.8. The third-order valence-electron chi connectivity index (χ3n) is 3.39. The summed E-state index contributed by atoms with van der Waals surface area (Å²) in [4.78, 5) is -0.182. The van der Waals surface area contributed by atoms with Crippen LogP contribution in [-0.2, 0) is 19.5 Å². The molecule has 1 aromatic carbocycles. The Balaban J connectivity index is 2.23. The van der Waals surface area contributed by atoms with Gasteiger partial charge in [0, 0.05) is 31.7 Å². The van der Waals surface area contributed by atoms with E-state index in [1.54, 1.807) is 0 Å². The van der Waals surface area contributed by atoms with Gasteiger partial charge in [-0.25, -0.2) is 13.1 Å². The highest BCUT2D eigenvalue weighted by Gasteiger charge is 2.36. The number of hydrogen-bond acceptors (Lipinski definition) is 5. The van der Waals surface area contributed by atoms with E-state index in [0.717, 1.165) is 0 Å². The molecule has 6 nitrogen and oxygen atoms in total. The van der Waals surface area contributed by atoms with Crippen molar-refractivity contribution in [3.63, 3.8) is 0 Å². The van der Waals surface area contributed by atoms with E-state index in [-0.39, 0.29) is 27.2 Å². The Morgan fingerprint density at radius 3 is 2.71 bits per heavy atom. The number of nitrogens with one attached hydrogen (secondary N) is 1. The maximum atomic E-state index is 12.4. The van der Waals surface area contributed by atoms with E-state index in [2.05, 4.69) is 4.72 Å². The molecule has 1 saturated heterocycles. The fraction of sp³-hybridized carbons (Fsp3) is 0.500. The molecule has 1 fully saturated rings. The van der Waals surface area contributed by atoms with E-state index < -0.39 is 15.6 Å². The second kappa shape index (κ2) is 6.28. The molecule has 0 aromatic heterocycles. The fourth-order valence-corrected chi connectivity index (χ4v) is 4.22. The molecule has 1 aromatic rings. The van der Waals surface area contributed by atoms with Crippen LogP contribution in [0, 0.1) is 0 Å². The molecule has 1 atom stereocenters. The standard InChI is InChI=1S/C12H16Cl2N2O4S/c1-19-12(2-3-20-7-12)6-16-21(17,18)11-9(14)4-8(13)5-10(11)15/h4-5,16H,2-3,6-7,15H2,1H3. The first-order valence-corrected chi connectivity index (χ1v) is 8.41. The van der Waals surface area contributed by atoms with Crippen LogP contribution in [0.2, 0.25) is 10.0 Å². The number of ether oxygens (including phenoxy) is 2. The minimum absolute atomic E-state index is 0.00543. The van der Waals surface area contributed by atoms with Gasteiger partial charge in [0.25, 0.3) is 0 Å². The Labute approximate surface area is 133 Å². The maximum absolute atomic E-state index is 12.4. The quantitative estimate of drug-likeness (QED) is 0.784. The minimum Gasteiger partial charge on any atom is -0.398 e. The van der Waals surface area contributed by atoms with Crippen LogP contribution in [0.25, 0.3) is 0 Å². The lowest BCUT2D eigenvalue weighted by atomic mass is 10.0. The number of methoxy groups -OCH3 is 1.